The van der Waals surface area contributed by atoms with Crippen LogP contribution in [0, 0.1) is 0 Å². The number of ether oxygens (including phenoxy) is 2. The summed E-state index contributed by atoms with van der Waals surface area (Å²) in [6.07, 6.45) is 1.11. The molecule has 2 aromatic carbocycles. The van der Waals surface area contributed by atoms with Crippen LogP contribution in [0.25, 0.3) is 0 Å². The SMILES string of the molecule is COc1ccc(Cl)c(Oc2c(Cl)ncnc2NS(=O)(=O)NCc2ccccc2)c1. The minimum atomic E-state index is -3.97. The van der Waals surface area contributed by atoms with Gasteiger partial charge in [0.05, 0.1) is 12.1 Å². The van der Waals surface area contributed by atoms with Crippen LogP contribution in [0.3, 0.4) is 0 Å². The number of halogens is 2. The molecule has 0 radical (unpaired) electrons. The molecule has 2 N–H and O–H groups in total. The van der Waals surface area contributed by atoms with Gasteiger partial charge in [0.1, 0.15) is 17.8 Å². The van der Waals surface area contributed by atoms with Crippen molar-refractivity contribution in [1.29, 1.82) is 0 Å². The summed E-state index contributed by atoms with van der Waals surface area (Å²) in [7, 11) is -2.48. The fourth-order valence-electron chi connectivity index (χ4n) is 2.25. The van der Waals surface area contributed by atoms with E-state index >= 15 is 0 Å². The molecule has 0 aliphatic heterocycles. The lowest BCUT2D eigenvalue weighted by atomic mass is 10.2. The molecule has 11 heteroatoms. The third-order valence-corrected chi connectivity index (χ3v) is 5.22. The predicted molar refractivity (Wildman–Crippen MR) is 111 cm³/mol. The molecule has 0 spiro atoms. The van der Waals surface area contributed by atoms with Crippen LogP contribution in [0.4, 0.5) is 5.82 Å². The van der Waals surface area contributed by atoms with Crippen molar-refractivity contribution in [2.75, 3.05) is 11.8 Å². The number of benzene rings is 2. The normalized spacial score (nSPS) is 11.1. The van der Waals surface area contributed by atoms with Gasteiger partial charge in [0.15, 0.2) is 11.0 Å². The van der Waals surface area contributed by atoms with Gasteiger partial charge in [0.2, 0.25) is 5.75 Å². The Morgan fingerprint density at radius 3 is 2.55 bits per heavy atom. The quantitative estimate of drug-likeness (QED) is 0.498. The van der Waals surface area contributed by atoms with Gasteiger partial charge in [0.25, 0.3) is 0 Å². The van der Waals surface area contributed by atoms with Crippen LogP contribution in [0.15, 0.2) is 54.9 Å². The first-order valence-electron chi connectivity index (χ1n) is 8.21. The van der Waals surface area contributed by atoms with E-state index < -0.39 is 10.2 Å². The highest BCUT2D eigenvalue weighted by molar-refractivity contribution is 7.90. The largest absolute Gasteiger partial charge is 0.497 e. The zero-order chi connectivity index (χ0) is 20.9. The molecule has 0 aliphatic carbocycles. The second-order valence-corrected chi connectivity index (χ2v) is 7.92. The number of hydrogen-bond donors (Lipinski definition) is 2. The first kappa shape index (κ1) is 21.1. The lowest BCUT2D eigenvalue weighted by Crippen LogP contribution is -2.30. The predicted octanol–water partition coefficient (Wildman–Crippen LogP) is 4.03. The van der Waals surface area contributed by atoms with E-state index in [0.717, 1.165) is 11.9 Å². The molecule has 3 rings (SSSR count). The molecule has 152 valence electrons. The topological polar surface area (TPSA) is 102 Å². The smallest absolute Gasteiger partial charge is 0.300 e. The molecule has 0 bridgehead atoms. The maximum absolute atomic E-state index is 12.4. The van der Waals surface area contributed by atoms with Crippen molar-refractivity contribution < 1.29 is 17.9 Å². The van der Waals surface area contributed by atoms with E-state index in [-0.39, 0.29) is 34.0 Å². The second kappa shape index (κ2) is 9.27. The molecule has 0 atom stereocenters. The van der Waals surface area contributed by atoms with E-state index in [9.17, 15) is 8.42 Å². The Kier molecular flexibility index (Phi) is 6.75. The standard InChI is InChI=1S/C18H16Cl2N4O4S/c1-27-13-7-8-14(19)15(9-13)28-16-17(20)21-11-22-18(16)24-29(25,26)23-10-12-5-3-2-4-6-12/h2-9,11,23H,10H2,1H3,(H,21,22,24). The lowest BCUT2D eigenvalue weighted by Gasteiger charge is -2.14. The maximum Gasteiger partial charge on any atom is 0.300 e. The van der Waals surface area contributed by atoms with Gasteiger partial charge in [-0.15, -0.1) is 0 Å². The summed E-state index contributed by atoms with van der Waals surface area (Å²) in [5.74, 6) is 0.434. The number of anilines is 1. The number of nitrogens with one attached hydrogen (secondary N) is 2. The molecule has 3 aromatic rings. The third-order valence-electron chi connectivity index (χ3n) is 3.65. The Hall–Kier alpha value is -2.59. The van der Waals surface area contributed by atoms with Crippen LogP contribution in [-0.4, -0.2) is 25.5 Å². The molecule has 0 saturated heterocycles. The minimum Gasteiger partial charge on any atom is -0.497 e. The maximum atomic E-state index is 12.4. The Bertz CT molecular complexity index is 1100. The zero-order valence-corrected chi connectivity index (χ0v) is 17.4. The van der Waals surface area contributed by atoms with Crippen molar-refractivity contribution in [3.05, 3.63) is 70.6 Å². The second-order valence-electron chi connectivity index (χ2n) is 5.65. The first-order valence-corrected chi connectivity index (χ1v) is 10.4. The summed E-state index contributed by atoms with van der Waals surface area (Å²) in [6, 6.07) is 13.8. The Labute approximate surface area is 178 Å². The van der Waals surface area contributed by atoms with Crippen molar-refractivity contribution in [3.63, 3.8) is 0 Å². The highest BCUT2D eigenvalue weighted by atomic mass is 35.5. The highest BCUT2D eigenvalue weighted by Crippen LogP contribution is 2.38. The van der Waals surface area contributed by atoms with Gasteiger partial charge in [-0.1, -0.05) is 53.5 Å². The van der Waals surface area contributed by atoms with Crippen LogP contribution in [0.1, 0.15) is 5.56 Å². The van der Waals surface area contributed by atoms with Gasteiger partial charge in [-0.25, -0.2) is 9.97 Å². The van der Waals surface area contributed by atoms with Gasteiger partial charge >= 0.3 is 10.2 Å². The Balaban J connectivity index is 1.83. The van der Waals surface area contributed by atoms with E-state index in [0.29, 0.717) is 5.75 Å². The molecular weight excluding hydrogens is 439 g/mol. The summed E-state index contributed by atoms with van der Waals surface area (Å²) >= 11 is 12.2. The van der Waals surface area contributed by atoms with Gasteiger partial charge in [0, 0.05) is 12.6 Å². The van der Waals surface area contributed by atoms with E-state index in [4.69, 9.17) is 32.7 Å². The van der Waals surface area contributed by atoms with E-state index in [1.807, 2.05) is 18.2 Å². The number of hydrogen-bond acceptors (Lipinski definition) is 6. The summed E-state index contributed by atoms with van der Waals surface area (Å²) in [5, 5.41) is 0.168. The molecule has 8 nitrogen and oxygen atoms in total. The van der Waals surface area contributed by atoms with Gasteiger partial charge in [-0.05, 0) is 17.7 Å². The monoisotopic (exact) mass is 454 g/mol. The van der Waals surface area contributed by atoms with Gasteiger partial charge < -0.3 is 9.47 Å². The van der Waals surface area contributed by atoms with E-state index in [1.54, 1.807) is 24.3 Å². The van der Waals surface area contributed by atoms with Crippen LogP contribution >= 0.6 is 23.2 Å². The van der Waals surface area contributed by atoms with Crippen molar-refractivity contribution in [1.82, 2.24) is 14.7 Å². The van der Waals surface area contributed by atoms with Crippen LogP contribution < -0.4 is 18.9 Å². The van der Waals surface area contributed by atoms with E-state index in [2.05, 4.69) is 19.4 Å². The lowest BCUT2D eigenvalue weighted by molar-refractivity contribution is 0.409. The van der Waals surface area contributed by atoms with Crippen molar-refractivity contribution in [3.8, 4) is 17.2 Å². The van der Waals surface area contributed by atoms with Gasteiger partial charge in [-0.2, -0.15) is 13.1 Å². The van der Waals surface area contributed by atoms with Crippen molar-refractivity contribution in [2.24, 2.45) is 0 Å². The average molecular weight is 455 g/mol. The molecule has 1 heterocycles. The molecular formula is C18H16Cl2N4O4S. The summed E-state index contributed by atoms with van der Waals surface area (Å²) in [5.41, 5.74) is 0.790. The Morgan fingerprint density at radius 2 is 1.83 bits per heavy atom. The van der Waals surface area contributed by atoms with E-state index in [1.165, 1.54) is 13.2 Å². The van der Waals surface area contributed by atoms with Crippen LogP contribution in [0.2, 0.25) is 10.2 Å². The van der Waals surface area contributed by atoms with Crippen molar-refractivity contribution in [2.45, 2.75) is 6.54 Å². The third kappa shape index (κ3) is 5.70. The highest BCUT2D eigenvalue weighted by Gasteiger charge is 2.19. The average Bonchev–Trinajstić information content (AvgIpc) is 2.71. The number of aromatic nitrogens is 2. The fourth-order valence-corrected chi connectivity index (χ4v) is 3.41. The summed E-state index contributed by atoms with van der Waals surface area (Å²) < 4.78 is 40.4. The molecule has 0 amide bonds. The van der Waals surface area contributed by atoms with Crippen molar-refractivity contribution >= 4 is 39.2 Å². The fraction of sp³-hybridized carbons (Fsp3) is 0.111. The summed E-state index contributed by atoms with van der Waals surface area (Å²) in [4.78, 5) is 7.75. The molecule has 29 heavy (non-hydrogen) atoms. The van der Waals surface area contributed by atoms with Crippen LogP contribution in [-0.2, 0) is 16.8 Å². The molecule has 1 aromatic heterocycles. The summed E-state index contributed by atoms with van der Waals surface area (Å²) in [6.45, 7) is 0.0902. The molecule has 0 saturated carbocycles. The molecule has 0 unspecified atom stereocenters. The molecule has 0 fully saturated rings. The Morgan fingerprint density at radius 1 is 1.07 bits per heavy atom. The zero-order valence-electron chi connectivity index (χ0n) is 15.1. The minimum absolute atomic E-state index is 0.0902. The van der Waals surface area contributed by atoms with Crippen LogP contribution in [0.5, 0.6) is 17.2 Å². The first-order chi connectivity index (χ1) is 13.9. The van der Waals surface area contributed by atoms with Gasteiger partial charge in [-0.3, -0.25) is 4.72 Å². The number of nitrogens with zero attached hydrogens (tertiary/aromatic N) is 2. The molecule has 0 aliphatic rings. The number of methoxy groups -OCH3 is 1. The number of rotatable bonds is 8.